The molecule has 0 aliphatic rings. The van der Waals surface area contributed by atoms with Crippen LogP contribution in [-0.2, 0) is 13.7 Å². The molecule has 102 valence electrons. The van der Waals surface area contributed by atoms with Crippen LogP contribution in [-0.4, -0.2) is 9.67 Å². The van der Waals surface area contributed by atoms with Crippen LogP contribution < -0.4 is 10.5 Å². The van der Waals surface area contributed by atoms with E-state index in [0.717, 1.165) is 28.0 Å². The Kier molecular flexibility index (Phi) is 2.99. The van der Waals surface area contributed by atoms with Gasteiger partial charge in [-0.3, -0.25) is 0 Å². The van der Waals surface area contributed by atoms with E-state index in [-0.39, 0.29) is 5.75 Å². The fraction of sp³-hybridized carbons (Fsp3) is 0.125. The smallest absolute Gasteiger partial charge is 0.128 e. The summed E-state index contributed by atoms with van der Waals surface area (Å²) in [7, 11) is 2.00. The van der Waals surface area contributed by atoms with E-state index in [2.05, 4.69) is 4.57 Å². The average Bonchev–Trinajstić information content (AvgIpc) is 2.77. The number of nitrogen functional groups attached to an aromatic ring is 1. The summed E-state index contributed by atoms with van der Waals surface area (Å²) in [5.74, 6) is 0.954. The zero-order valence-corrected chi connectivity index (χ0v) is 11.2. The summed E-state index contributed by atoms with van der Waals surface area (Å²) < 4.78 is 7.80. The Hall–Kier alpha value is -2.62. The van der Waals surface area contributed by atoms with E-state index in [9.17, 15) is 5.11 Å². The molecule has 4 nitrogen and oxygen atoms in total. The van der Waals surface area contributed by atoms with Crippen LogP contribution in [0.15, 0.2) is 48.5 Å². The number of nitrogens with zero attached hydrogens (tertiary/aromatic N) is 1. The Labute approximate surface area is 117 Å². The molecule has 3 N–H and O–H groups in total. The minimum absolute atomic E-state index is 0.231. The molecule has 1 aromatic heterocycles. The van der Waals surface area contributed by atoms with E-state index >= 15 is 0 Å². The standard InChI is InChI=1S/C16H16N2O2/c1-18-11(9-14-15(17)3-2-4-16(14)18)10-20-13-7-5-12(19)6-8-13/h2-9,19H,10,17H2,1H3. The van der Waals surface area contributed by atoms with E-state index in [1.807, 2.05) is 31.3 Å². The Morgan fingerprint density at radius 1 is 1.15 bits per heavy atom. The summed E-state index contributed by atoms with van der Waals surface area (Å²) in [4.78, 5) is 0. The fourth-order valence-corrected chi connectivity index (χ4v) is 2.28. The van der Waals surface area contributed by atoms with Crippen molar-refractivity contribution in [2.75, 3.05) is 5.73 Å². The van der Waals surface area contributed by atoms with Crippen molar-refractivity contribution in [2.24, 2.45) is 7.05 Å². The maximum absolute atomic E-state index is 9.24. The zero-order valence-electron chi connectivity index (χ0n) is 11.2. The first-order chi connectivity index (χ1) is 9.65. The summed E-state index contributed by atoms with van der Waals surface area (Å²) >= 11 is 0. The van der Waals surface area contributed by atoms with Gasteiger partial charge in [-0.15, -0.1) is 0 Å². The third-order valence-electron chi connectivity index (χ3n) is 3.44. The molecule has 0 spiro atoms. The molecule has 0 bridgehead atoms. The second kappa shape index (κ2) is 4.81. The molecule has 0 radical (unpaired) electrons. The van der Waals surface area contributed by atoms with Crippen molar-refractivity contribution >= 4 is 16.6 Å². The Morgan fingerprint density at radius 2 is 1.90 bits per heavy atom. The zero-order chi connectivity index (χ0) is 14.1. The molecule has 0 aliphatic carbocycles. The number of phenols is 1. The highest BCUT2D eigenvalue weighted by Crippen LogP contribution is 2.25. The van der Waals surface area contributed by atoms with Crippen LogP contribution in [0.5, 0.6) is 11.5 Å². The van der Waals surface area contributed by atoms with Crippen molar-refractivity contribution in [3.05, 3.63) is 54.2 Å². The molecule has 4 heteroatoms. The molecule has 0 unspecified atom stereocenters. The highest BCUT2D eigenvalue weighted by atomic mass is 16.5. The quantitative estimate of drug-likeness (QED) is 0.718. The molecule has 20 heavy (non-hydrogen) atoms. The first-order valence-corrected chi connectivity index (χ1v) is 6.40. The van der Waals surface area contributed by atoms with E-state index in [0.29, 0.717) is 6.61 Å². The highest BCUT2D eigenvalue weighted by molar-refractivity contribution is 5.92. The third-order valence-corrected chi connectivity index (χ3v) is 3.44. The number of benzene rings is 2. The summed E-state index contributed by atoms with van der Waals surface area (Å²) in [6.07, 6.45) is 0. The molecule has 0 atom stereocenters. The SMILES string of the molecule is Cn1c(COc2ccc(O)cc2)cc2c(N)cccc21. The maximum Gasteiger partial charge on any atom is 0.128 e. The van der Waals surface area contributed by atoms with E-state index in [4.69, 9.17) is 10.5 Å². The van der Waals surface area contributed by atoms with Gasteiger partial charge in [0.25, 0.3) is 0 Å². The second-order valence-corrected chi connectivity index (χ2v) is 4.76. The number of rotatable bonds is 3. The van der Waals surface area contributed by atoms with Gasteiger partial charge in [0.1, 0.15) is 18.1 Å². The van der Waals surface area contributed by atoms with Gasteiger partial charge in [-0.2, -0.15) is 0 Å². The maximum atomic E-state index is 9.24. The van der Waals surface area contributed by atoms with Gasteiger partial charge in [0.2, 0.25) is 0 Å². The van der Waals surface area contributed by atoms with Gasteiger partial charge in [-0.25, -0.2) is 0 Å². The molecule has 0 aliphatic heterocycles. The van der Waals surface area contributed by atoms with Gasteiger partial charge < -0.3 is 20.1 Å². The lowest BCUT2D eigenvalue weighted by atomic mass is 10.2. The first kappa shape index (κ1) is 12.4. The predicted octanol–water partition coefficient (Wildman–Crippen LogP) is 3.05. The molecule has 0 fully saturated rings. The van der Waals surface area contributed by atoms with Gasteiger partial charge in [-0.1, -0.05) is 6.07 Å². The van der Waals surface area contributed by atoms with Crippen molar-refractivity contribution in [3.63, 3.8) is 0 Å². The molecular formula is C16H16N2O2. The second-order valence-electron chi connectivity index (χ2n) is 4.76. The monoisotopic (exact) mass is 268 g/mol. The number of ether oxygens (including phenoxy) is 1. The minimum Gasteiger partial charge on any atom is -0.508 e. The molecular weight excluding hydrogens is 252 g/mol. The summed E-state index contributed by atoms with van der Waals surface area (Å²) in [6.45, 7) is 0.454. The Balaban J connectivity index is 1.86. The van der Waals surface area contributed by atoms with Crippen LogP contribution >= 0.6 is 0 Å². The lowest BCUT2D eigenvalue weighted by Gasteiger charge is -2.07. The van der Waals surface area contributed by atoms with Gasteiger partial charge >= 0.3 is 0 Å². The van der Waals surface area contributed by atoms with Crippen LogP contribution in [0.1, 0.15) is 5.69 Å². The van der Waals surface area contributed by atoms with E-state index < -0.39 is 0 Å². The van der Waals surface area contributed by atoms with Crippen LogP contribution in [0, 0.1) is 0 Å². The van der Waals surface area contributed by atoms with Crippen LogP contribution in [0.3, 0.4) is 0 Å². The molecule has 0 saturated heterocycles. The molecule has 3 rings (SSSR count). The van der Waals surface area contributed by atoms with Crippen molar-refractivity contribution < 1.29 is 9.84 Å². The first-order valence-electron chi connectivity index (χ1n) is 6.40. The Morgan fingerprint density at radius 3 is 2.60 bits per heavy atom. The van der Waals surface area contributed by atoms with Crippen LogP contribution in [0.2, 0.25) is 0 Å². The molecule has 0 amide bonds. The molecule has 3 aromatic rings. The topological polar surface area (TPSA) is 60.4 Å². The number of nitrogens with two attached hydrogens (primary N) is 1. The number of aromatic nitrogens is 1. The summed E-state index contributed by atoms with van der Waals surface area (Å²) in [6, 6.07) is 14.6. The van der Waals surface area contributed by atoms with Crippen molar-refractivity contribution in [3.8, 4) is 11.5 Å². The van der Waals surface area contributed by atoms with Crippen LogP contribution in [0.4, 0.5) is 5.69 Å². The number of hydrogen-bond acceptors (Lipinski definition) is 3. The van der Waals surface area contributed by atoms with E-state index in [1.165, 1.54) is 0 Å². The molecule has 1 heterocycles. The minimum atomic E-state index is 0.231. The van der Waals surface area contributed by atoms with Gasteiger partial charge in [0.05, 0.1) is 11.2 Å². The Bertz CT molecular complexity index is 745. The average molecular weight is 268 g/mol. The number of aromatic hydroxyl groups is 1. The predicted molar refractivity (Wildman–Crippen MR) is 79.8 cm³/mol. The number of anilines is 1. The lowest BCUT2D eigenvalue weighted by Crippen LogP contribution is -2.01. The van der Waals surface area contributed by atoms with Crippen LogP contribution in [0.25, 0.3) is 10.9 Å². The lowest BCUT2D eigenvalue weighted by molar-refractivity contribution is 0.297. The van der Waals surface area contributed by atoms with Crippen molar-refractivity contribution in [1.82, 2.24) is 4.57 Å². The van der Waals surface area contributed by atoms with Gasteiger partial charge in [-0.05, 0) is 42.5 Å². The highest BCUT2D eigenvalue weighted by Gasteiger charge is 2.08. The number of aryl methyl sites for hydroxylation is 1. The summed E-state index contributed by atoms with van der Waals surface area (Å²) in [5.41, 5.74) is 8.89. The van der Waals surface area contributed by atoms with Crippen molar-refractivity contribution in [2.45, 2.75) is 6.61 Å². The fourth-order valence-electron chi connectivity index (χ4n) is 2.28. The van der Waals surface area contributed by atoms with Crippen molar-refractivity contribution in [1.29, 1.82) is 0 Å². The number of phenolic OH excluding ortho intramolecular Hbond substituents is 1. The number of hydrogen-bond donors (Lipinski definition) is 2. The third kappa shape index (κ3) is 2.16. The largest absolute Gasteiger partial charge is 0.508 e. The normalized spacial score (nSPS) is 10.8. The van der Waals surface area contributed by atoms with E-state index in [1.54, 1.807) is 24.3 Å². The van der Waals surface area contributed by atoms with Gasteiger partial charge in [0, 0.05) is 18.1 Å². The summed E-state index contributed by atoms with van der Waals surface area (Å²) in [5, 5.41) is 10.3. The molecule has 2 aromatic carbocycles. The number of fused-ring (bicyclic) bond motifs is 1. The van der Waals surface area contributed by atoms with Gasteiger partial charge in [0.15, 0.2) is 0 Å². The molecule has 0 saturated carbocycles.